The van der Waals surface area contributed by atoms with Crippen LogP contribution in [0.15, 0.2) is 52.4 Å². The van der Waals surface area contributed by atoms with Crippen molar-refractivity contribution in [3.63, 3.8) is 0 Å². The molecule has 1 aliphatic rings. The maximum Gasteiger partial charge on any atom is 0.290 e. The molecule has 0 bridgehead atoms. The fraction of sp³-hybridized carbons (Fsp3) is 0.400. The first-order valence-corrected chi connectivity index (χ1v) is 12.7. The van der Waals surface area contributed by atoms with Gasteiger partial charge in [-0.15, -0.1) is 11.8 Å². The van der Waals surface area contributed by atoms with Crippen molar-refractivity contribution >= 4 is 34.3 Å². The molecule has 0 aliphatic heterocycles. The van der Waals surface area contributed by atoms with E-state index >= 15 is 0 Å². The second-order valence-corrected chi connectivity index (χ2v) is 9.71. The van der Waals surface area contributed by atoms with E-state index in [9.17, 15) is 14.4 Å². The number of aromatic nitrogens is 3. The molecule has 34 heavy (non-hydrogen) atoms. The van der Waals surface area contributed by atoms with Crippen LogP contribution in [0.2, 0.25) is 0 Å². The molecule has 3 aromatic rings. The first-order chi connectivity index (χ1) is 16.6. The monoisotopic (exact) mass is 479 g/mol. The highest BCUT2D eigenvalue weighted by Gasteiger charge is 2.22. The molecule has 1 aromatic carbocycles. The minimum atomic E-state index is -0.581. The minimum absolute atomic E-state index is 0.0961. The predicted octanol–water partition coefficient (Wildman–Crippen LogP) is 4.09. The average Bonchev–Trinajstić information content (AvgIpc) is 3.37. The highest BCUT2D eigenvalue weighted by Crippen LogP contribution is 2.35. The lowest BCUT2D eigenvalue weighted by Gasteiger charge is -2.14. The number of nitrogens with one attached hydrogen (secondary N) is 2. The number of unbranched alkanes of at least 4 members (excludes halogenated alkanes) is 2. The lowest BCUT2D eigenvalue weighted by molar-refractivity contribution is 0.0841. The Morgan fingerprint density at radius 2 is 1.76 bits per heavy atom. The Labute approximate surface area is 202 Å². The van der Waals surface area contributed by atoms with Gasteiger partial charge in [0.1, 0.15) is 5.03 Å². The maximum absolute atomic E-state index is 13.0. The summed E-state index contributed by atoms with van der Waals surface area (Å²) in [7, 11) is 0. The zero-order valence-corrected chi connectivity index (χ0v) is 20.1. The van der Waals surface area contributed by atoms with Crippen LogP contribution in [-0.2, 0) is 6.54 Å². The van der Waals surface area contributed by atoms with Crippen LogP contribution in [-0.4, -0.2) is 31.8 Å². The van der Waals surface area contributed by atoms with Crippen LogP contribution in [0.3, 0.4) is 0 Å². The summed E-state index contributed by atoms with van der Waals surface area (Å²) < 4.78 is 1.34. The van der Waals surface area contributed by atoms with Gasteiger partial charge in [-0.1, -0.05) is 50.8 Å². The molecule has 4 rings (SSSR count). The normalized spacial score (nSPS) is 13.8. The molecule has 2 aromatic heterocycles. The third-order valence-electron chi connectivity index (χ3n) is 5.94. The highest BCUT2D eigenvalue weighted by molar-refractivity contribution is 7.99. The molecule has 1 fully saturated rings. The Morgan fingerprint density at radius 1 is 1.03 bits per heavy atom. The molecule has 2 heterocycles. The Morgan fingerprint density at radius 3 is 2.53 bits per heavy atom. The molecule has 2 N–H and O–H groups in total. The predicted molar refractivity (Wildman–Crippen MR) is 133 cm³/mol. The summed E-state index contributed by atoms with van der Waals surface area (Å²) in [5, 5.41) is 6.33. The fourth-order valence-corrected chi connectivity index (χ4v) is 5.42. The molecule has 0 radical (unpaired) electrons. The van der Waals surface area contributed by atoms with E-state index in [1.54, 1.807) is 54.4 Å². The van der Waals surface area contributed by atoms with E-state index < -0.39 is 11.8 Å². The number of thioether (sulfide) groups is 1. The molecule has 178 valence electrons. The summed E-state index contributed by atoms with van der Waals surface area (Å²) in [5.41, 5.74) is 5.25. The van der Waals surface area contributed by atoms with E-state index in [1.165, 1.54) is 17.5 Å². The van der Waals surface area contributed by atoms with E-state index in [2.05, 4.69) is 27.9 Å². The molecule has 0 saturated heterocycles. The third-order valence-corrected chi connectivity index (χ3v) is 7.30. The van der Waals surface area contributed by atoms with Gasteiger partial charge in [0.25, 0.3) is 17.4 Å². The number of carbonyl (C=O) groups excluding carboxylic acids is 2. The van der Waals surface area contributed by atoms with Gasteiger partial charge < -0.3 is 0 Å². The molecule has 8 nitrogen and oxygen atoms in total. The molecular weight excluding hydrogens is 450 g/mol. The van der Waals surface area contributed by atoms with E-state index in [1.807, 2.05) is 0 Å². The van der Waals surface area contributed by atoms with Gasteiger partial charge in [-0.05, 0) is 37.5 Å². The van der Waals surface area contributed by atoms with Crippen molar-refractivity contribution in [2.45, 2.75) is 68.7 Å². The van der Waals surface area contributed by atoms with Crippen molar-refractivity contribution in [1.82, 2.24) is 25.6 Å². The van der Waals surface area contributed by atoms with E-state index in [-0.39, 0.29) is 11.3 Å². The van der Waals surface area contributed by atoms with Crippen LogP contribution in [0, 0.1) is 0 Å². The lowest BCUT2D eigenvalue weighted by atomic mass is 10.1. The Balaban J connectivity index is 1.52. The summed E-state index contributed by atoms with van der Waals surface area (Å²) in [5.74, 6) is -1.02. The molecule has 0 spiro atoms. The van der Waals surface area contributed by atoms with Gasteiger partial charge in [0.2, 0.25) is 0 Å². The molecule has 1 saturated carbocycles. The summed E-state index contributed by atoms with van der Waals surface area (Å²) in [4.78, 5) is 43.1. The van der Waals surface area contributed by atoms with E-state index in [0.29, 0.717) is 33.2 Å². The number of rotatable bonds is 8. The summed E-state index contributed by atoms with van der Waals surface area (Å²) in [6.07, 6.45) is 9.07. The van der Waals surface area contributed by atoms with Gasteiger partial charge in [-0.3, -0.25) is 25.2 Å². The van der Waals surface area contributed by atoms with Crippen LogP contribution in [0.4, 0.5) is 0 Å². The van der Waals surface area contributed by atoms with Gasteiger partial charge >= 0.3 is 0 Å². The third kappa shape index (κ3) is 5.47. The second-order valence-electron chi connectivity index (χ2n) is 8.42. The van der Waals surface area contributed by atoms with Crippen molar-refractivity contribution in [2.24, 2.45) is 0 Å². The zero-order chi connectivity index (χ0) is 23.9. The van der Waals surface area contributed by atoms with Crippen LogP contribution < -0.4 is 16.4 Å². The van der Waals surface area contributed by atoms with Gasteiger partial charge in [-0.25, -0.2) is 9.67 Å². The zero-order valence-electron chi connectivity index (χ0n) is 19.3. The number of hydrazine groups is 1. The Hall–Kier alpha value is -3.20. The van der Waals surface area contributed by atoms with Crippen LogP contribution in [0.25, 0.3) is 10.8 Å². The number of hydrogen-bond donors (Lipinski definition) is 2. The second kappa shape index (κ2) is 11.3. The number of carbonyl (C=O) groups is 2. The first kappa shape index (κ1) is 23.9. The topological polar surface area (TPSA) is 106 Å². The molecular formula is C25H29N5O3S. The number of aryl methyl sites for hydroxylation is 1. The highest BCUT2D eigenvalue weighted by atomic mass is 32.2. The largest absolute Gasteiger partial charge is 0.290 e. The smallest absolute Gasteiger partial charge is 0.267 e. The average molecular weight is 480 g/mol. The summed E-state index contributed by atoms with van der Waals surface area (Å²) in [6.45, 7) is 2.51. The van der Waals surface area contributed by atoms with Crippen molar-refractivity contribution < 1.29 is 9.59 Å². The van der Waals surface area contributed by atoms with Gasteiger partial charge in [-0.2, -0.15) is 5.10 Å². The number of nitrogens with zero attached hydrogens (tertiary/aromatic N) is 3. The number of benzene rings is 1. The molecule has 9 heteroatoms. The number of fused-ring (bicyclic) bond motifs is 1. The van der Waals surface area contributed by atoms with E-state index in [0.717, 1.165) is 32.1 Å². The molecule has 2 amide bonds. The number of hydrogen-bond acceptors (Lipinski definition) is 6. The number of pyridine rings is 1. The fourth-order valence-electron chi connectivity index (χ4n) is 4.13. The molecule has 0 unspecified atom stereocenters. The first-order valence-electron chi connectivity index (χ1n) is 11.8. The quantitative estimate of drug-likeness (QED) is 0.372. The summed E-state index contributed by atoms with van der Waals surface area (Å²) >= 11 is 1.62. The van der Waals surface area contributed by atoms with E-state index in [4.69, 9.17) is 0 Å². The van der Waals surface area contributed by atoms with Gasteiger partial charge in [0, 0.05) is 23.4 Å². The van der Waals surface area contributed by atoms with Crippen molar-refractivity contribution in [1.29, 1.82) is 0 Å². The Bertz CT molecular complexity index is 1240. The van der Waals surface area contributed by atoms with Crippen LogP contribution in [0.5, 0.6) is 0 Å². The minimum Gasteiger partial charge on any atom is -0.267 e. The summed E-state index contributed by atoms with van der Waals surface area (Å²) in [6, 6.07) is 10.3. The maximum atomic E-state index is 13.0. The van der Waals surface area contributed by atoms with Crippen LogP contribution >= 0.6 is 11.8 Å². The van der Waals surface area contributed by atoms with Crippen molar-refractivity contribution in [3.8, 4) is 0 Å². The van der Waals surface area contributed by atoms with Gasteiger partial charge in [0.15, 0.2) is 5.69 Å². The molecule has 0 atom stereocenters. The van der Waals surface area contributed by atoms with Crippen molar-refractivity contribution in [3.05, 3.63) is 64.2 Å². The standard InChI is InChI=1S/C25H29N5O3S/c1-2-3-8-16-30-25(33)19-13-7-6-12-18(19)21(29-30)23(32)28-27-22(31)20-14-9-15-26-24(20)34-17-10-4-5-11-17/h6-7,9,12-15,17H,2-5,8,10-11,16H2,1H3,(H,27,31)(H,28,32). The van der Waals surface area contributed by atoms with Crippen molar-refractivity contribution in [2.75, 3.05) is 0 Å². The molecule has 1 aliphatic carbocycles. The van der Waals surface area contributed by atoms with Crippen LogP contribution in [0.1, 0.15) is 72.7 Å². The Kier molecular flexibility index (Phi) is 7.95. The van der Waals surface area contributed by atoms with Gasteiger partial charge in [0.05, 0.1) is 10.9 Å². The SMILES string of the molecule is CCCCCn1nc(C(=O)NNC(=O)c2cccnc2SC2CCCC2)c2ccccc2c1=O. The number of amides is 2. The lowest BCUT2D eigenvalue weighted by Crippen LogP contribution is -2.43.